The van der Waals surface area contributed by atoms with E-state index in [2.05, 4.69) is 17.1 Å². The molecule has 4 heteroatoms. The molecule has 2 rings (SSSR count). The molecular weight excluding hydrogens is 190 g/mol. The van der Waals surface area contributed by atoms with Crippen LogP contribution in [-0.4, -0.2) is 61.0 Å². The fourth-order valence-electron chi connectivity index (χ4n) is 2.18. The van der Waals surface area contributed by atoms with E-state index in [-0.39, 0.29) is 0 Å². The molecule has 2 aliphatic rings. The monoisotopic (exact) mass is 211 g/mol. The number of carbonyl (C=O) groups is 1. The third-order valence-corrected chi connectivity index (χ3v) is 3.22. The standard InChI is InChI=1S/C11H21N3O/c1-2-14(10-3-4-10)11(15)9-13-7-5-12-6-8-13/h10,12H,2-9H2,1H3. The van der Waals surface area contributed by atoms with Crippen LogP contribution in [0.3, 0.4) is 0 Å². The van der Waals surface area contributed by atoms with Gasteiger partial charge in [-0.15, -0.1) is 0 Å². The molecule has 0 aromatic carbocycles. The van der Waals surface area contributed by atoms with E-state index in [9.17, 15) is 4.79 Å². The van der Waals surface area contributed by atoms with Crippen molar-refractivity contribution in [2.75, 3.05) is 39.3 Å². The van der Waals surface area contributed by atoms with Crippen LogP contribution in [0.15, 0.2) is 0 Å². The maximum absolute atomic E-state index is 12.0. The molecule has 0 aromatic heterocycles. The van der Waals surface area contributed by atoms with Gasteiger partial charge in [-0.1, -0.05) is 0 Å². The van der Waals surface area contributed by atoms with E-state index < -0.39 is 0 Å². The lowest BCUT2D eigenvalue weighted by Gasteiger charge is -2.29. The molecule has 4 nitrogen and oxygen atoms in total. The van der Waals surface area contributed by atoms with Crippen LogP contribution in [0.25, 0.3) is 0 Å². The smallest absolute Gasteiger partial charge is 0.236 e. The Hall–Kier alpha value is -0.610. The molecule has 0 bridgehead atoms. The molecule has 1 aliphatic carbocycles. The van der Waals surface area contributed by atoms with Gasteiger partial charge in [-0.25, -0.2) is 0 Å². The van der Waals surface area contributed by atoms with Crippen LogP contribution in [0.5, 0.6) is 0 Å². The van der Waals surface area contributed by atoms with Crippen molar-refractivity contribution in [3.05, 3.63) is 0 Å². The van der Waals surface area contributed by atoms with E-state index in [0.29, 0.717) is 18.5 Å². The van der Waals surface area contributed by atoms with Gasteiger partial charge in [-0.2, -0.15) is 0 Å². The van der Waals surface area contributed by atoms with Gasteiger partial charge >= 0.3 is 0 Å². The van der Waals surface area contributed by atoms with Crippen molar-refractivity contribution in [3.8, 4) is 0 Å². The molecule has 2 fully saturated rings. The van der Waals surface area contributed by atoms with Crippen molar-refractivity contribution in [3.63, 3.8) is 0 Å². The largest absolute Gasteiger partial charge is 0.339 e. The van der Waals surface area contributed by atoms with Gasteiger partial charge in [0.2, 0.25) is 5.91 Å². The number of piperazine rings is 1. The van der Waals surface area contributed by atoms with Gasteiger partial charge in [0.05, 0.1) is 6.54 Å². The first kappa shape index (κ1) is 10.9. The van der Waals surface area contributed by atoms with E-state index in [1.807, 2.05) is 4.90 Å². The van der Waals surface area contributed by atoms with Crippen LogP contribution in [0, 0.1) is 0 Å². The first-order valence-electron chi connectivity index (χ1n) is 6.04. The van der Waals surface area contributed by atoms with Gasteiger partial charge in [0, 0.05) is 38.8 Å². The molecule has 0 radical (unpaired) electrons. The minimum atomic E-state index is 0.321. The SMILES string of the molecule is CCN(C(=O)CN1CCNCC1)C1CC1. The van der Waals surface area contributed by atoms with Crippen LogP contribution in [0.2, 0.25) is 0 Å². The molecule has 1 heterocycles. The molecule has 1 N–H and O–H groups in total. The summed E-state index contributed by atoms with van der Waals surface area (Å²) in [7, 11) is 0. The average molecular weight is 211 g/mol. The number of carbonyl (C=O) groups excluding carboxylic acids is 1. The zero-order valence-corrected chi connectivity index (χ0v) is 9.54. The molecule has 1 saturated carbocycles. The van der Waals surface area contributed by atoms with Crippen molar-refractivity contribution in [2.24, 2.45) is 0 Å². The van der Waals surface area contributed by atoms with Crippen molar-refractivity contribution in [1.82, 2.24) is 15.1 Å². The number of likely N-dealkylation sites (N-methyl/N-ethyl adjacent to an activating group) is 1. The molecule has 0 aromatic rings. The van der Waals surface area contributed by atoms with Crippen LogP contribution in [0.1, 0.15) is 19.8 Å². The summed E-state index contributed by atoms with van der Waals surface area (Å²) in [5.41, 5.74) is 0. The Morgan fingerprint density at radius 3 is 2.60 bits per heavy atom. The number of amides is 1. The molecule has 15 heavy (non-hydrogen) atoms. The van der Waals surface area contributed by atoms with Crippen molar-refractivity contribution in [2.45, 2.75) is 25.8 Å². The van der Waals surface area contributed by atoms with Gasteiger partial charge < -0.3 is 10.2 Å². The Morgan fingerprint density at radius 1 is 1.40 bits per heavy atom. The number of hydrogen-bond donors (Lipinski definition) is 1. The second-order valence-corrected chi connectivity index (χ2v) is 4.44. The van der Waals surface area contributed by atoms with Crippen molar-refractivity contribution in [1.29, 1.82) is 0 Å². The predicted octanol–water partition coefficient (Wildman–Crippen LogP) is -0.0975. The lowest BCUT2D eigenvalue weighted by molar-refractivity contribution is -0.132. The quantitative estimate of drug-likeness (QED) is 0.705. The summed E-state index contributed by atoms with van der Waals surface area (Å²) in [5.74, 6) is 0.321. The molecule has 0 atom stereocenters. The molecule has 1 aliphatic heterocycles. The molecule has 0 spiro atoms. The van der Waals surface area contributed by atoms with Crippen LogP contribution in [-0.2, 0) is 4.79 Å². The highest BCUT2D eigenvalue weighted by atomic mass is 16.2. The third kappa shape index (κ3) is 2.92. The summed E-state index contributed by atoms with van der Waals surface area (Å²) < 4.78 is 0. The highest BCUT2D eigenvalue weighted by Gasteiger charge is 2.31. The fraction of sp³-hybridized carbons (Fsp3) is 0.909. The summed E-state index contributed by atoms with van der Waals surface area (Å²) in [6.45, 7) is 7.61. The van der Waals surface area contributed by atoms with Crippen LogP contribution >= 0.6 is 0 Å². The topological polar surface area (TPSA) is 35.6 Å². The maximum Gasteiger partial charge on any atom is 0.236 e. The van der Waals surface area contributed by atoms with Gasteiger partial charge in [0.15, 0.2) is 0 Å². The minimum Gasteiger partial charge on any atom is -0.339 e. The third-order valence-electron chi connectivity index (χ3n) is 3.22. The number of nitrogens with zero attached hydrogens (tertiary/aromatic N) is 2. The Kier molecular flexibility index (Phi) is 3.59. The van der Waals surface area contributed by atoms with Crippen LogP contribution in [0.4, 0.5) is 0 Å². The molecule has 0 unspecified atom stereocenters. The van der Waals surface area contributed by atoms with Gasteiger partial charge in [0.1, 0.15) is 0 Å². The summed E-state index contributed by atoms with van der Waals surface area (Å²) in [6, 6.07) is 0.561. The summed E-state index contributed by atoms with van der Waals surface area (Å²) in [5, 5.41) is 3.30. The lowest BCUT2D eigenvalue weighted by Crippen LogP contribution is -2.48. The van der Waals surface area contributed by atoms with Crippen molar-refractivity contribution >= 4 is 5.91 Å². The van der Waals surface area contributed by atoms with Gasteiger partial charge in [0.25, 0.3) is 0 Å². The number of hydrogen-bond acceptors (Lipinski definition) is 3. The van der Waals surface area contributed by atoms with E-state index in [4.69, 9.17) is 0 Å². The summed E-state index contributed by atoms with van der Waals surface area (Å²) >= 11 is 0. The minimum absolute atomic E-state index is 0.321. The van der Waals surface area contributed by atoms with E-state index in [1.165, 1.54) is 12.8 Å². The van der Waals surface area contributed by atoms with E-state index in [1.54, 1.807) is 0 Å². The molecule has 86 valence electrons. The first-order chi connectivity index (χ1) is 7.31. The van der Waals surface area contributed by atoms with Gasteiger partial charge in [-0.05, 0) is 19.8 Å². The Bertz CT molecular complexity index is 222. The average Bonchev–Trinajstić information content (AvgIpc) is 3.04. The van der Waals surface area contributed by atoms with Gasteiger partial charge in [-0.3, -0.25) is 9.69 Å². The second kappa shape index (κ2) is 4.94. The second-order valence-electron chi connectivity index (χ2n) is 4.44. The summed E-state index contributed by atoms with van der Waals surface area (Å²) in [4.78, 5) is 16.3. The van der Waals surface area contributed by atoms with Crippen molar-refractivity contribution < 1.29 is 4.79 Å². The number of nitrogens with one attached hydrogen (secondary N) is 1. The Labute approximate surface area is 91.6 Å². The Balaban J connectivity index is 1.78. The molecule has 1 amide bonds. The maximum atomic E-state index is 12.0. The highest BCUT2D eigenvalue weighted by Crippen LogP contribution is 2.26. The summed E-state index contributed by atoms with van der Waals surface area (Å²) in [6.07, 6.45) is 2.42. The zero-order chi connectivity index (χ0) is 10.7. The molecule has 1 saturated heterocycles. The predicted molar refractivity (Wildman–Crippen MR) is 59.7 cm³/mol. The molecular formula is C11H21N3O. The zero-order valence-electron chi connectivity index (χ0n) is 9.54. The lowest BCUT2D eigenvalue weighted by atomic mass is 10.3. The van der Waals surface area contributed by atoms with E-state index >= 15 is 0 Å². The van der Waals surface area contributed by atoms with Crippen LogP contribution < -0.4 is 5.32 Å². The fourth-order valence-corrected chi connectivity index (χ4v) is 2.18. The first-order valence-corrected chi connectivity index (χ1v) is 6.04. The Morgan fingerprint density at radius 2 is 2.07 bits per heavy atom. The number of rotatable bonds is 4. The van der Waals surface area contributed by atoms with E-state index in [0.717, 1.165) is 32.7 Å². The normalized spacial score (nSPS) is 22.7. The highest BCUT2D eigenvalue weighted by molar-refractivity contribution is 5.78.